The van der Waals surface area contributed by atoms with Gasteiger partial charge in [0.1, 0.15) is 5.82 Å². The molecule has 18 heavy (non-hydrogen) atoms. The Morgan fingerprint density at radius 3 is 3.00 bits per heavy atom. The maximum absolute atomic E-state index is 13.3. The summed E-state index contributed by atoms with van der Waals surface area (Å²) < 4.78 is 15.1. The Hall–Kier alpha value is -1.68. The van der Waals surface area contributed by atoms with Gasteiger partial charge in [-0.2, -0.15) is 5.10 Å². The molecule has 1 aromatic carbocycles. The number of aromatic nitrogens is 2. The lowest BCUT2D eigenvalue weighted by molar-refractivity contribution is 0.537. The maximum atomic E-state index is 13.3. The minimum atomic E-state index is -0.175. The van der Waals surface area contributed by atoms with Crippen molar-refractivity contribution in [2.75, 3.05) is 6.54 Å². The molecule has 0 saturated carbocycles. The van der Waals surface area contributed by atoms with E-state index in [1.807, 2.05) is 16.9 Å². The first-order chi connectivity index (χ1) is 8.65. The highest BCUT2D eigenvalue weighted by Crippen LogP contribution is 2.23. The quantitative estimate of drug-likeness (QED) is 0.836. The Kier molecular flexibility index (Phi) is 2.67. The second-order valence-corrected chi connectivity index (χ2v) is 4.84. The van der Waals surface area contributed by atoms with Gasteiger partial charge < -0.3 is 5.32 Å². The van der Waals surface area contributed by atoms with Gasteiger partial charge in [0.2, 0.25) is 0 Å². The van der Waals surface area contributed by atoms with Crippen LogP contribution in [0.4, 0.5) is 4.39 Å². The van der Waals surface area contributed by atoms with E-state index in [0.29, 0.717) is 11.6 Å². The maximum Gasteiger partial charge on any atom is 0.126 e. The van der Waals surface area contributed by atoms with Crippen molar-refractivity contribution in [3.63, 3.8) is 0 Å². The standard InChI is InChI=1S/C14H16FN3/c1-9-7-11(3-4-13(9)15)18-8-12-10(2)16-6-5-14(12)17-18/h3-4,7-8,10,16H,5-6H2,1-2H3/t10-/m0/s1. The fraction of sp³-hybridized carbons (Fsp3) is 0.357. The largest absolute Gasteiger partial charge is 0.310 e. The lowest BCUT2D eigenvalue weighted by Gasteiger charge is -2.18. The van der Waals surface area contributed by atoms with E-state index in [-0.39, 0.29) is 5.82 Å². The van der Waals surface area contributed by atoms with Crippen LogP contribution in [0.25, 0.3) is 5.69 Å². The van der Waals surface area contributed by atoms with Crippen LogP contribution < -0.4 is 5.32 Å². The fourth-order valence-electron chi connectivity index (χ4n) is 2.40. The van der Waals surface area contributed by atoms with E-state index in [0.717, 1.165) is 24.3 Å². The predicted molar refractivity (Wildman–Crippen MR) is 68.4 cm³/mol. The molecule has 1 aromatic heterocycles. The van der Waals surface area contributed by atoms with Gasteiger partial charge in [-0.25, -0.2) is 9.07 Å². The highest BCUT2D eigenvalue weighted by Gasteiger charge is 2.19. The Morgan fingerprint density at radius 2 is 2.28 bits per heavy atom. The monoisotopic (exact) mass is 245 g/mol. The van der Waals surface area contributed by atoms with E-state index < -0.39 is 0 Å². The number of hydrogen-bond acceptors (Lipinski definition) is 2. The molecular formula is C14H16FN3. The number of rotatable bonds is 1. The van der Waals surface area contributed by atoms with Crippen LogP contribution in [0.15, 0.2) is 24.4 Å². The number of benzene rings is 1. The summed E-state index contributed by atoms with van der Waals surface area (Å²) in [5.74, 6) is -0.175. The number of fused-ring (bicyclic) bond motifs is 1. The molecule has 0 aliphatic carbocycles. The molecule has 0 amide bonds. The van der Waals surface area contributed by atoms with Crippen molar-refractivity contribution in [3.8, 4) is 5.69 Å². The molecule has 4 heteroatoms. The second kappa shape index (κ2) is 4.21. The van der Waals surface area contributed by atoms with Crippen LogP contribution in [0.5, 0.6) is 0 Å². The van der Waals surface area contributed by atoms with Gasteiger partial charge in [-0.05, 0) is 37.6 Å². The molecular weight excluding hydrogens is 229 g/mol. The molecule has 3 rings (SSSR count). The number of nitrogens with zero attached hydrogens (tertiary/aromatic N) is 2. The Labute approximate surface area is 106 Å². The molecule has 0 saturated heterocycles. The topological polar surface area (TPSA) is 29.9 Å². The summed E-state index contributed by atoms with van der Waals surface area (Å²) in [4.78, 5) is 0. The van der Waals surface area contributed by atoms with Crippen LogP contribution in [0.2, 0.25) is 0 Å². The molecule has 0 fully saturated rings. The number of aryl methyl sites for hydroxylation is 1. The first kappa shape index (κ1) is 11.4. The summed E-state index contributed by atoms with van der Waals surface area (Å²) >= 11 is 0. The lowest BCUT2D eigenvalue weighted by atomic mass is 10.0. The van der Waals surface area contributed by atoms with Gasteiger partial charge in [0.25, 0.3) is 0 Å². The van der Waals surface area contributed by atoms with Crippen LogP contribution in [-0.4, -0.2) is 16.3 Å². The zero-order valence-corrected chi connectivity index (χ0v) is 10.6. The first-order valence-electron chi connectivity index (χ1n) is 6.23. The van der Waals surface area contributed by atoms with Crippen molar-refractivity contribution in [1.82, 2.24) is 15.1 Å². The minimum Gasteiger partial charge on any atom is -0.310 e. The molecule has 0 unspecified atom stereocenters. The molecule has 1 aliphatic rings. The van der Waals surface area contributed by atoms with Gasteiger partial charge in [-0.1, -0.05) is 0 Å². The van der Waals surface area contributed by atoms with E-state index >= 15 is 0 Å². The van der Waals surface area contributed by atoms with Gasteiger partial charge in [0.05, 0.1) is 11.4 Å². The summed E-state index contributed by atoms with van der Waals surface area (Å²) in [5.41, 5.74) is 3.94. The second-order valence-electron chi connectivity index (χ2n) is 4.84. The number of hydrogen-bond donors (Lipinski definition) is 1. The van der Waals surface area contributed by atoms with Gasteiger partial charge in [-0.3, -0.25) is 0 Å². The summed E-state index contributed by atoms with van der Waals surface area (Å²) in [6.45, 7) is 4.87. The SMILES string of the molecule is Cc1cc(-n2cc3c(n2)CCN[C@H]3C)ccc1F. The molecule has 0 radical (unpaired) electrons. The molecule has 0 spiro atoms. The molecule has 3 nitrogen and oxygen atoms in total. The Balaban J connectivity index is 2.04. The summed E-state index contributed by atoms with van der Waals surface area (Å²) in [6.07, 6.45) is 2.99. The van der Waals surface area contributed by atoms with Crippen LogP contribution in [0.1, 0.15) is 29.8 Å². The van der Waals surface area contributed by atoms with Crippen LogP contribution in [-0.2, 0) is 6.42 Å². The number of halogens is 1. The average molecular weight is 245 g/mol. The molecule has 2 aromatic rings. The van der Waals surface area contributed by atoms with Crippen LogP contribution >= 0.6 is 0 Å². The van der Waals surface area contributed by atoms with E-state index in [1.165, 1.54) is 11.6 Å². The molecule has 0 bridgehead atoms. The zero-order valence-electron chi connectivity index (χ0n) is 10.6. The van der Waals surface area contributed by atoms with Crippen molar-refractivity contribution in [2.24, 2.45) is 0 Å². The van der Waals surface area contributed by atoms with Gasteiger partial charge in [-0.15, -0.1) is 0 Å². The Morgan fingerprint density at radius 1 is 1.44 bits per heavy atom. The summed E-state index contributed by atoms with van der Waals surface area (Å²) in [5, 5.41) is 8.01. The smallest absolute Gasteiger partial charge is 0.126 e. The highest BCUT2D eigenvalue weighted by atomic mass is 19.1. The third-order valence-electron chi connectivity index (χ3n) is 3.51. The van der Waals surface area contributed by atoms with Gasteiger partial charge >= 0.3 is 0 Å². The molecule has 1 aliphatic heterocycles. The average Bonchev–Trinajstić information content (AvgIpc) is 2.78. The Bertz CT molecular complexity index is 589. The third-order valence-corrected chi connectivity index (χ3v) is 3.51. The van der Waals surface area contributed by atoms with Crippen molar-refractivity contribution >= 4 is 0 Å². The fourth-order valence-corrected chi connectivity index (χ4v) is 2.40. The first-order valence-corrected chi connectivity index (χ1v) is 6.23. The van der Waals surface area contributed by atoms with Gasteiger partial charge in [0, 0.05) is 30.8 Å². The predicted octanol–water partition coefficient (Wildman–Crippen LogP) is 2.53. The van der Waals surface area contributed by atoms with Crippen molar-refractivity contribution < 1.29 is 4.39 Å². The van der Waals surface area contributed by atoms with Crippen molar-refractivity contribution in [1.29, 1.82) is 0 Å². The number of nitrogens with one attached hydrogen (secondary N) is 1. The highest BCUT2D eigenvalue weighted by molar-refractivity contribution is 5.37. The zero-order chi connectivity index (χ0) is 12.7. The molecule has 94 valence electrons. The van der Waals surface area contributed by atoms with Crippen LogP contribution in [0.3, 0.4) is 0 Å². The van der Waals surface area contributed by atoms with E-state index in [2.05, 4.69) is 17.3 Å². The van der Waals surface area contributed by atoms with Gasteiger partial charge in [0.15, 0.2) is 0 Å². The van der Waals surface area contributed by atoms with E-state index in [4.69, 9.17) is 0 Å². The lowest BCUT2D eigenvalue weighted by Crippen LogP contribution is -2.26. The summed E-state index contributed by atoms with van der Waals surface area (Å²) in [7, 11) is 0. The normalized spacial score (nSPS) is 18.7. The van der Waals surface area contributed by atoms with Crippen LogP contribution in [0, 0.1) is 12.7 Å². The molecule has 1 atom stereocenters. The minimum absolute atomic E-state index is 0.175. The van der Waals surface area contributed by atoms with Crippen molar-refractivity contribution in [2.45, 2.75) is 26.3 Å². The summed E-state index contributed by atoms with van der Waals surface area (Å²) in [6, 6.07) is 5.42. The third kappa shape index (κ3) is 1.82. The molecule has 2 heterocycles. The van der Waals surface area contributed by atoms with E-state index in [1.54, 1.807) is 13.0 Å². The van der Waals surface area contributed by atoms with Crippen molar-refractivity contribution in [3.05, 3.63) is 47.0 Å². The molecule has 1 N–H and O–H groups in total. The van der Waals surface area contributed by atoms with E-state index in [9.17, 15) is 4.39 Å².